The monoisotopic (exact) mass is 240 g/mol. The minimum absolute atomic E-state index is 0.159. The van der Waals surface area contributed by atoms with E-state index in [-0.39, 0.29) is 5.41 Å². The van der Waals surface area contributed by atoms with Gasteiger partial charge in [-0.05, 0) is 18.1 Å². The van der Waals surface area contributed by atoms with E-state index in [1.54, 1.807) is 0 Å². The molecule has 0 spiro atoms. The number of hydrogen-bond donors (Lipinski definition) is 0. The molecule has 1 aromatic carbocycles. The molecule has 1 heteroatoms. The van der Waals surface area contributed by atoms with Crippen molar-refractivity contribution in [3.05, 3.63) is 53.9 Å². The third-order valence-electron chi connectivity index (χ3n) is 3.33. The van der Waals surface area contributed by atoms with E-state index in [4.69, 9.17) is 0 Å². The lowest BCUT2D eigenvalue weighted by Crippen LogP contribution is -2.39. The Morgan fingerprint density at radius 2 is 1.61 bits per heavy atom. The summed E-state index contributed by atoms with van der Waals surface area (Å²) in [6.45, 7) is 8.94. The molecule has 0 fully saturated rings. The Balaban J connectivity index is 2.63. The molecule has 94 valence electrons. The van der Waals surface area contributed by atoms with Gasteiger partial charge in [-0.15, -0.1) is 0 Å². The minimum atomic E-state index is 0.159. The maximum atomic E-state index is 2.32. The van der Waals surface area contributed by atoms with Gasteiger partial charge in [-0.1, -0.05) is 51.1 Å². The molecule has 2 rings (SSSR count). The first-order valence-corrected chi connectivity index (χ1v) is 6.46. The van der Waals surface area contributed by atoms with E-state index >= 15 is 0 Å². The fourth-order valence-electron chi connectivity index (χ4n) is 2.46. The molecule has 0 N–H and O–H groups in total. The van der Waals surface area contributed by atoms with Gasteiger partial charge in [0.05, 0.1) is 0 Å². The number of rotatable bonds is 1. The van der Waals surface area contributed by atoms with Crippen molar-refractivity contribution in [1.29, 1.82) is 0 Å². The predicted octanol–water partition coefficient (Wildman–Crippen LogP) is 3.78. The van der Waals surface area contributed by atoms with Gasteiger partial charge in [0.25, 0.3) is 0 Å². The van der Waals surface area contributed by atoms with Gasteiger partial charge in [0.2, 0.25) is 0 Å². The van der Waals surface area contributed by atoms with Gasteiger partial charge in [0, 0.05) is 17.0 Å². The molecular formula is C17H22N+. The van der Waals surface area contributed by atoms with Crippen molar-refractivity contribution >= 4 is 0 Å². The van der Waals surface area contributed by atoms with Crippen molar-refractivity contribution in [1.82, 2.24) is 0 Å². The fourth-order valence-corrected chi connectivity index (χ4v) is 2.46. The Morgan fingerprint density at radius 1 is 1.00 bits per heavy atom. The summed E-state index contributed by atoms with van der Waals surface area (Å²) in [5.41, 5.74) is 5.45. The maximum absolute atomic E-state index is 2.32. The van der Waals surface area contributed by atoms with Gasteiger partial charge in [-0.25, -0.2) is 4.57 Å². The molecule has 0 atom stereocenters. The van der Waals surface area contributed by atoms with E-state index < -0.39 is 0 Å². The van der Waals surface area contributed by atoms with Crippen molar-refractivity contribution in [3.63, 3.8) is 0 Å². The molecular weight excluding hydrogens is 218 g/mol. The number of aromatic nitrogens is 1. The Kier molecular flexibility index (Phi) is 3.25. The van der Waals surface area contributed by atoms with Crippen molar-refractivity contribution in [2.45, 2.75) is 33.1 Å². The van der Waals surface area contributed by atoms with E-state index in [1.807, 2.05) is 0 Å². The van der Waals surface area contributed by atoms with Crippen molar-refractivity contribution in [3.8, 4) is 11.1 Å². The molecule has 1 nitrogen and oxygen atoms in total. The topological polar surface area (TPSA) is 3.88 Å². The number of hydrogen-bond acceptors (Lipinski definition) is 0. The predicted molar refractivity (Wildman–Crippen MR) is 76.5 cm³/mol. The number of benzene rings is 1. The smallest absolute Gasteiger partial charge is 0.187 e. The highest BCUT2D eigenvalue weighted by Gasteiger charge is 2.25. The average Bonchev–Trinajstić information content (AvgIpc) is 2.28. The first-order valence-electron chi connectivity index (χ1n) is 6.46. The zero-order chi connectivity index (χ0) is 13.3. The molecule has 2 aromatic rings. The van der Waals surface area contributed by atoms with E-state index in [0.717, 1.165) is 0 Å². The highest BCUT2D eigenvalue weighted by Crippen LogP contribution is 2.27. The fraction of sp³-hybridized carbons (Fsp3) is 0.353. The molecule has 0 radical (unpaired) electrons. The highest BCUT2D eigenvalue weighted by atomic mass is 14.9. The van der Waals surface area contributed by atoms with Crippen LogP contribution in [0.25, 0.3) is 11.1 Å². The van der Waals surface area contributed by atoms with E-state index in [1.165, 1.54) is 22.4 Å². The third kappa shape index (κ3) is 2.45. The third-order valence-corrected chi connectivity index (χ3v) is 3.33. The molecule has 0 saturated carbocycles. The second-order valence-electron chi connectivity index (χ2n) is 5.98. The van der Waals surface area contributed by atoms with Crippen LogP contribution in [0.15, 0.2) is 42.6 Å². The summed E-state index contributed by atoms with van der Waals surface area (Å²) in [5.74, 6) is 0. The molecule has 0 aliphatic heterocycles. The molecule has 0 saturated heterocycles. The SMILES string of the molecule is Cc1c[n+](C)c(C(C)(C)C)cc1-c1ccccc1. The average molecular weight is 240 g/mol. The minimum Gasteiger partial charge on any atom is -0.204 e. The van der Waals surface area contributed by atoms with Crippen LogP contribution >= 0.6 is 0 Å². The lowest BCUT2D eigenvalue weighted by Gasteiger charge is -2.17. The first-order chi connectivity index (χ1) is 8.39. The first kappa shape index (κ1) is 12.8. The van der Waals surface area contributed by atoms with Gasteiger partial charge in [0.15, 0.2) is 11.9 Å². The van der Waals surface area contributed by atoms with E-state index in [0.29, 0.717) is 0 Å². The summed E-state index contributed by atoms with van der Waals surface area (Å²) in [7, 11) is 2.13. The molecule has 18 heavy (non-hydrogen) atoms. The molecule has 0 unspecified atom stereocenters. The van der Waals surface area contributed by atoms with Gasteiger partial charge in [0.1, 0.15) is 7.05 Å². The zero-order valence-electron chi connectivity index (χ0n) is 12.0. The Bertz CT molecular complexity index is 548. The summed E-state index contributed by atoms with van der Waals surface area (Å²) >= 11 is 0. The molecule has 0 bridgehead atoms. The number of pyridine rings is 1. The van der Waals surface area contributed by atoms with Gasteiger partial charge in [-0.3, -0.25) is 0 Å². The van der Waals surface area contributed by atoms with Crippen LogP contribution < -0.4 is 4.57 Å². The molecule has 0 aliphatic rings. The summed E-state index contributed by atoms with van der Waals surface area (Å²) < 4.78 is 2.24. The van der Waals surface area contributed by atoms with Crippen molar-refractivity contribution < 1.29 is 4.57 Å². The molecule has 1 aromatic heterocycles. The van der Waals surface area contributed by atoms with Crippen LogP contribution in [0, 0.1) is 6.92 Å². The molecule has 1 heterocycles. The lowest BCUT2D eigenvalue weighted by atomic mass is 9.88. The Labute approximate surface area is 110 Å². The molecule has 0 aliphatic carbocycles. The van der Waals surface area contributed by atoms with Crippen LogP contribution in [0.5, 0.6) is 0 Å². The standard InChI is InChI=1S/C17H22N/c1-13-12-18(5)16(17(2,3)4)11-15(13)14-9-7-6-8-10-14/h6-12H,1-5H3/q+1. The number of nitrogens with zero attached hydrogens (tertiary/aromatic N) is 1. The van der Waals surface area contributed by atoms with Crippen LogP contribution in [0.3, 0.4) is 0 Å². The summed E-state index contributed by atoms with van der Waals surface area (Å²) in [5, 5.41) is 0. The zero-order valence-corrected chi connectivity index (χ0v) is 12.0. The lowest BCUT2D eigenvalue weighted by molar-refractivity contribution is -0.682. The van der Waals surface area contributed by atoms with Crippen LogP contribution in [0.4, 0.5) is 0 Å². The quantitative estimate of drug-likeness (QED) is 0.668. The Hall–Kier alpha value is -1.63. The summed E-state index contributed by atoms with van der Waals surface area (Å²) in [4.78, 5) is 0. The normalized spacial score (nSPS) is 11.6. The van der Waals surface area contributed by atoms with E-state index in [2.05, 4.69) is 81.9 Å². The van der Waals surface area contributed by atoms with Gasteiger partial charge >= 0.3 is 0 Å². The van der Waals surface area contributed by atoms with Crippen LogP contribution in [-0.4, -0.2) is 0 Å². The summed E-state index contributed by atoms with van der Waals surface area (Å²) in [6, 6.07) is 12.9. The number of aryl methyl sites for hydroxylation is 2. The molecule has 0 amide bonds. The van der Waals surface area contributed by atoms with Crippen LogP contribution in [0.2, 0.25) is 0 Å². The van der Waals surface area contributed by atoms with Gasteiger partial charge < -0.3 is 0 Å². The van der Waals surface area contributed by atoms with Crippen LogP contribution in [0.1, 0.15) is 32.0 Å². The summed E-state index contributed by atoms with van der Waals surface area (Å²) in [6.07, 6.45) is 2.23. The largest absolute Gasteiger partial charge is 0.204 e. The van der Waals surface area contributed by atoms with Gasteiger partial charge in [-0.2, -0.15) is 0 Å². The highest BCUT2D eigenvalue weighted by molar-refractivity contribution is 5.66. The van der Waals surface area contributed by atoms with Crippen molar-refractivity contribution in [2.75, 3.05) is 0 Å². The van der Waals surface area contributed by atoms with Crippen LogP contribution in [-0.2, 0) is 12.5 Å². The maximum Gasteiger partial charge on any atom is 0.187 e. The van der Waals surface area contributed by atoms with Crippen molar-refractivity contribution in [2.24, 2.45) is 7.05 Å². The Morgan fingerprint density at radius 3 is 2.17 bits per heavy atom. The second kappa shape index (κ2) is 4.56. The van der Waals surface area contributed by atoms with E-state index in [9.17, 15) is 0 Å². The second-order valence-corrected chi connectivity index (χ2v) is 5.98.